The van der Waals surface area contributed by atoms with Gasteiger partial charge in [0.05, 0.1) is 23.8 Å². The molecule has 6 heteroatoms. The van der Waals surface area contributed by atoms with Crippen LogP contribution < -0.4 is 11.1 Å². The zero-order valence-electron chi connectivity index (χ0n) is 8.72. The number of nitrogens with zero attached hydrogens (tertiary/aromatic N) is 2. The van der Waals surface area contributed by atoms with Crippen molar-refractivity contribution in [2.75, 3.05) is 11.1 Å². The molecular formula is C11H9ClN4O. The lowest BCUT2D eigenvalue weighted by Gasteiger charge is -2.04. The zero-order valence-corrected chi connectivity index (χ0v) is 9.48. The summed E-state index contributed by atoms with van der Waals surface area (Å²) >= 11 is 5.63. The summed E-state index contributed by atoms with van der Waals surface area (Å²) in [5, 5.41) is 3.01. The second-order valence-electron chi connectivity index (χ2n) is 3.30. The third kappa shape index (κ3) is 2.92. The summed E-state index contributed by atoms with van der Waals surface area (Å²) in [4.78, 5) is 19.5. The molecule has 5 nitrogen and oxygen atoms in total. The number of carbonyl (C=O) groups excluding carboxylic acids is 1. The fraction of sp³-hybridized carbons (Fsp3) is 0. The number of nitrogens with two attached hydrogens (primary N) is 1. The van der Waals surface area contributed by atoms with Crippen LogP contribution in [0.1, 0.15) is 10.5 Å². The molecule has 0 fully saturated rings. The van der Waals surface area contributed by atoms with Crippen molar-refractivity contribution in [1.82, 2.24) is 9.97 Å². The molecule has 86 valence electrons. The molecule has 0 spiro atoms. The number of carbonyl (C=O) groups is 1. The van der Waals surface area contributed by atoms with Crippen LogP contribution in [0.15, 0.2) is 36.7 Å². The molecule has 0 atom stereocenters. The van der Waals surface area contributed by atoms with E-state index in [-0.39, 0.29) is 11.6 Å². The SMILES string of the molecule is Nc1ccc(C(=O)Nc2ccc(Cl)nc2)nc1. The van der Waals surface area contributed by atoms with E-state index in [1.54, 1.807) is 24.3 Å². The Labute approximate surface area is 103 Å². The number of halogens is 1. The van der Waals surface area contributed by atoms with Gasteiger partial charge in [0.2, 0.25) is 0 Å². The van der Waals surface area contributed by atoms with Gasteiger partial charge in [-0.15, -0.1) is 0 Å². The number of rotatable bonds is 2. The van der Waals surface area contributed by atoms with Crippen molar-refractivity contribution in [1.29, 1.82) is 0 Å². The average Bonchev–Trinajstić information content (AvgIpc) is 2.33. The number of nitrogens with one attached hydrogen (secondary N) is 1. The van der Waals surface area contributed by atoms with Gasteiger partial charge in [-0.1, -0.05) is 11.6 Å². The highest BCUT2D eigenvalue weighted by Crippen LogP contribution is 2.11. The second-order valence-corrected chi connectivity index (χ2v) is 3.69. The molecule has 0 bridgehead atoms. The van der Waals surface area contributed by atoms with E-state index in [2.05, 4.69) is 15.3 Å². The van der Waals surface area contributed by atoms with Gasteiger partial charge in [0, 0.05) is 0 Å². The molecule has 2 aromatic rings. The van der Waals surface area contributed by atoms with Crippen LogP contribution in [0, 0.1) is 0 Å². The van der Waals surface area contributed by atoms with Crippen LogP contribution in [-0.2, 0) is 0 Å². The minimum Gasteiger partial charge on any atom is -0.397 e. The first-order valence-electron chi connectivity index (χ1n) is 4.79. The van der Waals surface area contributed by atoms with Gasteiger partial charge < -0.3 is 11.1 Å². The van der Waals surface area contributed by atoms with Crippen LogP contribution in [0.3, 0.4) is 0 Å². The summed E-state index contributed by atoms with van der Waals surface area (Å²) in [5.41, 5.74) is 6.83. The van der Waals surface area contributed by atoms with Gasteiger partial charge in [0.1, 0.15) is 10.8 Å². The fourth-order valence-corrected chi connectivity index (χ4v) is 1.30. The molecule has 2 rings (SSSR count). The molecule has 2 aromatic heterocycles. The maximum Gasteiger partial charge on any atom is 0.274 e. The van der Waals surface area contributed by atoms with E-state index in [1.165, 1.54) is 12.4 Å². The van der Waals surface area contributed by atoms with Gasteiger partial charge in [-0.2, -0.15) is 0 Å². The van der Waals surface area contributed by atoms with E-state index in [0.29, 0.717) is 16.5 Å². The van der Waals surface area contributed by atoms with Crippen molar-refractivity contribution < 1.29 is 4.79 Å². The van der Waals surface area contributed by atoms with E-state index in [9.17, 15) is 4.79 Å². The van der Waals surface area contributed by atoms with Crippen LogP contribution in [0.5, 0.6) is 0 Å². The molecular weight excluding hydrogens is 240 g/mol. The number of amides is 1. The van der Waals surface area contributed by atoms with Crippen LogP contribution in [0.4, 0.5) is 11.4 Å². The van der Waals surface area contributed by atoms with Crippen LogP contribution >= 0.6 is 11.6 Å². The highest BCUT2D eigenvalue weighted by Gasteiger charge is 2.07. The maximum atomic E-state index is 11.7. The minimum absolute atomic E-state index is 0.286. The third-order valence-electron chi connectivity index (χ3n) is 2.00. The monoisotopic (exact) mass is 248 g/mol. The fourth-order valence-electron chi connectivity index (χ4n) is 1.18. The lowest BCUT2D eigenvalue weighted by Crippen LogP contribution is -2.13. The molecule has 1 amide bonds. The molecule has 3 N–H and O–H groups in total. The quantitative estimate of drug-likeness (QED) is 0.796. The van der Waals surface area contributed by atoms with Crippen LogP contribution in [-0.4, -0.2) is 15.9 Å². The number of pyridine rings is 2. The van der Waals surface area contributed by atoms with E-state index in [4.69, 9.17) is 17.3 Å². The van der Waals surface area contributed by atoms with Crippen LogP contribution in [0.25, 0.3) is 0 Å². The Balaban J connectivity index is 2.11. The number of anilines is 2. The van der Waals surface area contributed by atoms with Gasteiger partial charge in [-0.25, -0.2) is 9.97 Å². The van der Waals surface area contributed by atoms with Crippen molar-refractivity contribution >= 4 is 28.9 Å². The first kappa shape index (κ1) is 11.3. The van der Waals surface area contributed by atoms with E-state index in [1.807, 2.05) is 0 Å². The smallest absolute Gasteiger partial charge is 0.274 e. The molecule has 0 aliphatic carbocycles. The molecule has 0 aliphatic heterocycles. The zero-order chi connectivity index (χ0) is 12.3. The summed E-state index contributed by atoms with van der Waals surface area (Å²) in [6, 6.07) is 6.41. The van der Waals surface area contributed by atoms with Crippen molar-refractivity contribution in [2.45, 2.75) is 0 Å². The minimum atomic E-state index is -0.325. The Kier molecular flexibility index (Phi) is 3.20. The van der Waals surface area contributed by atoms with E-state index < -0.39 is 0 Å². The molecule has 2 heterocycles. The van der Waals surface area contributed by atoms with Crippen molar-refractivity contribution in [3.05, 3.63) is 47.5 Å². The largest absolute Gasteiger partial charge is 0.397 e. The summed E-state index contributed by atoms with van der Waals surface area (Å²) in [6.45, 7) is 0. The average molecular weight is 249 g/mol. The summed E-state index contributed by atoms with van der Waals surface area (Å²) < 4.78 is 0. The molecule has 0 aliphatic rings. The molecule has 17 heavy (non-hydrogen) atoms. The van der Waals surface area contributed by atoms with Gasteiger partial charge in [-0.3, -0.25) is 4.79 Å². The summed E-state index contributed by atoms with van der Waals surface area (Å²) in [5.74, 6) is -0.325. The Morgan fingerprint density at radius 1 is 1.18 bits per heavy atom. The van der Waals surface area contributed by atoms with Crippen molar-refractivity contribution in [3.8, 4) is 0 Å². The topological polar surface area (TPSA) is 80.9 Å². The van der Waals surface area contributed by atoms with Crippen molar-refractivity contribution in [3.63, 3.8) is 0 Å². The molecule has 0 saturated heterocycles. The predicted octanol–water partition coefficient (Wildman–Crippen LogP) is 1.96. The highest BCUT2D eigenvalue weighted by molar-refractivity contribution is 6.29. The predicted molar refractivity (Wildman–Crippen MR) is 65.8 cm³/mol. The standard InChI is InChI=1S/C11H9ClN4O/c12-10-4-2-8(6-15-10)16-11(17)9-3-1-7(13)5-14-9/h1-6H,13H2,(H,16,17). The van der Waals surface area contributed by atoms with Gasteiger partial charge in [0.15, 0.2) is 0 Å². The molecule has 0 unspecified atom stereocenters. The number of aromatic nitrogens is 2. The Morgan fingerprint density at radius 2 is 2.00 bits per heavy atom. The second kappa shape index (κ2) is 4.80. The van der Waals surface area contributed by atoms with Crippen LogP contribution in [0.2, 0.25) is 5.15 Å². The number of hydrogen-bond donors (Lipinski definition) is 2. The maximum absolute atomic E-state index is 11.7. The first-order valence-corrected chi connectivity index (χ1v) is 5.17. The van der Waals surface area contributed by atoms with Gasteiger partial charge in [0.25, 0.3) is 5.91 Å². The van der Waals surface area contributed by atoms with Gasteiger partial charge in [-0.05, 0) is 24.3 Å². The van der Waals surface area contributed by atoms with Gasteiger partial charge >= 0.3 is 0 Å². The first-order chi connectivity index (χ1) is 8.15. The normalized spacial score (nSPS) is 9.94. The Morgan fingerprint density at radius 3 is 2.59 bits per heavy atom. The summed E-state index contributed by atoms with van der Waals surface area (Å²) in [7, 11) is 0. The van der Waals surface area contributed by atoms with E-state index in [0.717, 1.165) is 0 Å². The number of hydrogen-bond acceptors (Lipinski definition) is 4. The molecule has 0 saturated carbocycles. The summed E-state index contributed by atoms with van der Waals surface area (Å²) in [6.07, 6.45) is 2.90. The Bertz CT molecular complexity index is 524. The number of nitrogen functional groups attached to an aromatic ring is 1. The molecule has 0 radical (unpaired) electrons. The third-order valence-corrected chi connectivity index (χ3v) is 2.23. The highest BCUT2D eigenvalue weighted by atomic mass is 35.5. The Hall–Kier alpha value is -2.14. The van der Waals surface area contributed by atoms with E-state index >= 15 is 0 Å². The lowest BCUT2D eigenvalue weighted by molar-refractivity contribution is 0.102. The van der Waals surface area contributed by atoms with Crippen molar-refractivity contribution in [2.24, 2.45) is 0 Å². The molecule has 0 aromatic carbocycles. The lowest BCUT2D eigenvalue weighted by atomic mass is 10.3.